The Balaban J connectivity index is 0.000000153. The second-order valence-corrected chi connectivity index (χ2v) is 3.14. The van der Waals surface area contributed by atoms with E-state index in [0.29, 0.717) is 0 Å². The molecule has 1 amide bonds. The molecule has 2 rings (SSSR count). The largest absolute Gasteiger partial charge is 0.489 e. The number of hydrogen-bond donors (Lipinski definition) is 0. The molecule has 0 N–H and O–H groups in total. The molecule has 82 valence electrons. The molecule has 4 heteroatoms. The smallest absolute Gasteiger partial charge is 0.242 e. The summed E-state index contributed by atoms with van der Waals surface area (Å²) in [6.07, 6.45) is 0. The second kappa shape index (κ2) is 5.36. The van der Waals surface area contributed by atoms with E-state index in [4.69, 9.17) is 4.74 Å². The number of carbonyl (C=O) groups excluding carboxylic acids is 1. The summed E-state index contributed by atoms with van der Waals surface area (Å²) in [5.74, 6) is 0.907. The lowest BCUT2D eigenvalue weighted by atomic mass is 10.2. The van der Waals surface area contributed by atoms with E-state index in [2.05, 4.69) is 17.0 Å². The predicted molar refractivity (Wildman–Crippen MR) is 56.2 cm³/mol. The van der Waals surface area contributed by atoms with Crippen molar-refractivity contribution in [2.45, 2.75) is 13.5 Å². The number of hydrogen-bond acceptors (Lipinski definition) is 3. The van der Waals surface area contributed by atoms with Crippen LogP contribution in [0.3, 0.4) is 0 Å². The Bertz CT molecular complexity index is 319. The normalized spacial score (nSPS) is 11.1. The summed E-state index contributed by atoms with van der Waals surface area (Å²) < 4.78 is 5.18. The maximum atomic E-state index is 10.2. The van der Waals surface area contributed by atoms with Crippen LogP contribution in [0.2, 0.25) is 0 Å². The van der Waals surface area contributed by atoms with E-state index in [0.717, 1.165) is 17.4 Å². The van der Waals surface area contributed by atoms with E-state index in [9.17, 15) is 4.79 Å². The highest BCUT2D eigenvalue weighted by Crippen LogP contribution is 2.20. The van der Waals surface area contributed by atoms with Crippen molar-refractivity contribution in [2.24, 2.45) is 0 Å². The van der Waals surface area contributed by atoms with Crippen LogP contribution in [0, 0.1) is 0 Å². The number of fused-ring (bicyclic) bond motifs is 2. The van der Waals surface area contributed by atoms with E-state index >= 15 is 0 Å². The maximum Gasteiger partial charge on any atom is 0.242 e. The summed E-state index contributed by atoms with van der Waals surface area (Å²) >= 11 is 0. The van der Waals surface area contributed by atoms with Crippen LogP contribution >= 0.6 is 0 Å². The lowest BCUT2D eigenvalue weighted by molar-refractivity contribution is -0.165. The molecule has 4 nitrogen and oxygen atoms in total. The van der Waals surface area contributed by atoms with Crippen molar-refractivity contribution >= 4 is 5.91 Å². The van der Waals surface area contributed by atoms with Crippen LogP contribution in [-0.4, -0.2) is 25.1 Å². The van der Waals surface area contributed by atoms with Gasteiger partial charge in [0.1, 0.15) is 12.4 Å². The van der Waals surface area contributed by atoms with Gasteiger partial charge in [0.05, 0.1) is 7.11 Å². The summed E-state index contributed by atoms with van der Waals surface area (Å²) in [6.45, 7) is 2.20. The van der Waals surface area contributed by atoms with Crippen LogP contribution in [-0.2, 0) is 16.2 Å². The van der Waals surface area contributed by atoms with Crippen molar-refractivity contribution in [3.8, 4) is 5.75 Å². The second-order valence-electron chi connectivity index (χ2n) is 3.14. The van der Waals surface area contributed by atoms with Gasteiger partial charge in [0.15, 0.2) is 0 Å². The fourth-order valence-electron chi connectivity index (χ4n) is 1.02. The third kappa shape index (κ3) is 3.59. The Morgan fingerprint density at radius 2 is 2.27 bits per heavy atom. The number of nitrogens with zero attached hydrogens (tertiary/aromatic N) is 1. The minimum absolute atomic E-state index is 0.0949. The Morgan fingerprint density at radius 1 is 1.53 bits per heavy atom. The lowest BCUT2D eigenvalue weighted by Gasteiger charge is -2.08. The average molecular weight is 209 g/mol. The van der Waals surface area contributed by atoms with Crippen LogP contribution in [0.15, 0.2) is 24.3 Å². The summed E-state index contributed by atoms with van der Waals surface area (Å²) in [4.78, 5) is 14.7. The first-order valence-corrected chi connectivity index (χ1v) is 4.63. The molecule has 0 saturated heterocycles. The lowest BCUT2D eigenvalue weighted by Crippen LogP contribution is -2.21. The summed E-state index contributed by atoms with van der Waals surface area (Å²) in [7, 11) is 3.00. The summed E-state index contributed by atoms with van der Waals surface area (Å²) in [5, 5.41) is 1.15. The molecular formula is C11H15NO3. The molecule has 2 bridgehead atoms. The van der Waals surface area contributed by atoms with E-state index in [1.165, 1.54) is 19.6 Å². The fourth-order valence-corrected chi connectivity index (χ4v) is 1.02. The molecule has 1 aliphatic heterocycles. The minimum atomic E-state index is -0.0949. The van der Waals surface area contributed by atoms with Gasteiger partial charge in [-0.15, -0.1) is 0 Å². The van der Waals surface area contributed by atoms with E-state index in [1.807, 2.05) is 12.1 Å². The number of carbonyl (C=O) groups is 1. The van der Waals surface area contributed by atoms with E-state index < -0.39 is 0 Å². The van der Waals surface area contributed by atoms with Gasteiger partial charge in [-0.2, -0.15) is 0 Å². The molecule has 0 atom stereocenters. The summed E-state index contributed by atoms with van der Waals surface area (Å²) in [5.41, 5.74) is 1.28. The van der Waals surface area contributed by atoms with Crippen molar-refractivity contribution < 1.29 is 14.4 Å². The quantitative estimate of drug-likeness (QED) is 0.659. The molecule has 1 aromatic carbocycles. The van der Waals surface area contributed by atoms with Crippen LogP contribution in [0.5, 0.6) is 5.75 Å². The number of rotatable bonds is 1. The average Bonchev–Trinajstić information content (AvgIpc) is 2.57. The van der Waals surface area contributed by atoms with Crippen LogP contribution in [0.4, 0.5) is 0 Å². The Labute approximate surface area is 89.4 Å². The van der Waals surface area contributed by atoms with Gasteiger partial charge < -0.3 is 4.74 Å². The van der Waals surface area contributed by atoms with Gasteiger partial charge in [0.2, 0.25) is 5.91 Å². The van der Waals surface area contributed by atoms with Gasteiger partial charge >= 0.3 is 0 Å². The van der Waals surface area contributed by atoms with Crippen LogP contribution in [0.1, 0.15) is 12.5 Å². The fraction of sp³-hybridized carbons (Fsp3) is 0.364. The minimum Gasteiger partial charge on any atom is -0.489 e. The molecule has 1 aliphatic rings. The number of amides is 1. The molecule has 1 aromatic rings. The first-order valence-electron chi connectivity index (χ1n) is 4.63. The molecule has 0 spiro atoms. The summed E-state index contributed by atoms with van der Waals surface area (Å²) in [6, 6.07) is 8.10. The van der Waals surface area contributed by atoms with Crippen molar-refractivity contribution in [3.05, 3.63) is 29.8 Å². The standard InChI is InChI=1S/C7H6O.C4H9NO2/c1-2-6-4-7(3-1)8-5-6;1-4(6)5(2)7-3/h1-4H,5H2;1-3H3. The Kier molecular flexibility index (Phi) is 4.12. The molecule has 0 fully saturated rings. The van der Waals surface area contributed by atoms with Crippen molar-refractivity contribution in [1.29, 1.82) is 0 Å². The molecule has 0 aliphatic carbocycles. The molecule has 1 heterocycles. The first kappa shape index (κ1) is 11.5. The zero-order chi connectivity index (χ0) is 11.3. The molecule has 0 saturated carbocycles. The zero-order valence-corrected chi connectivity index (χ0v) is 9.19. The van der Waals surface area contributed by atoms with Gasteiger partial charge in [0, 0.05) is 14.0 Å². The monoisotopic (exact) mass is 209 g/mol. The molecular weight excluding hydrogens is 194 g/mol. The Morgan fingerprint density at radius 3 is 2.67 bits per heavy atom. The molecule has 0 unspecified atom stereocenters. The van der Waals surface area contributed by atoms with E-state index in [-0.39, 0.29) is 5.91 Å². The third-order valence-electron chi connectivity index (χ3n) is 2.02. The first-order chi connectivity index (χ1) is 7.13. The van der Waals surface area contributed by atoms with Crippen LogP contribution < -0.4 is 4.74 Å². The highest BCUT2D eigenvalue weighted by Gasteiger charge is 2.03. The highest BCUT2D eigenvalue weighted by atomic mass is 16.7. The van der Waals surface area contributed by atoms with Crippen LogP contribution in [0.25, 0.3) is 0 Å². The Hall–Kier alpha value is -1.55. The van der Waals surface area contributed by atoms with Gasteiger partial charge in [-0.05, 0) is 17.7 Å². The van der Waals surface area contributed by atoms with E-state index in [1.54, 1.807) is 7.05 Å². The number of hydroxylamine groups is 2. The SMILES string of the molecule is CON(C)C(C)=O.c1cc2cc(c1)OC2. The topological polar surface area (TPSA) is 38.8 Å². The van der Waals surface area contributed by atoms with Crippen molar-refractivity contribution in [2.75, 3.05) is 14.2 Å². The number of benzene rings is 1. The van der Waals surface area contributed by atoms with Gasteiger partial charge in [0.25, 0.3) is 0 Å². The molecule has 15 heavy (non-hydrogen) atoms. The maximum absolute atomic E-state index is 10.2. The van der Waals surface area contributed by atoms with Gasteiger partial charge in [-0.25, -0.2) is 5.06 Å². The number of ether oxygens (including phenoxy) is 1. The highest BCUT2D eigenvalue weighted by molar-refractivity contribution is 5.71. The van der Waals surface area contributed by atoms with Crippen molar-refractivity contribution in [1.82, 2.24) is 5.06 Å². The predicted octanol–water partition coefficient (Wildman–Crippen LogP) is 1.61. The zero-order valence-electron chi connectivity index (χ0n) is 9.19. The third-order valence-corrected chi connectivity index (χ3v) is 2.02. The molecule has 0 radical (unpaired) electrons. The van der Waals surface area contributed by atoms with Gasteiger partial charge in [-0.3, -0.25) is 9.63 Å². The van der Waals surface area contributed by atoms with Gasteiger partial charge in [-0.1, -0.05) is 12.1 Å². The van der Waals surface area contributed by atoms with Crippen molar-refractivity contribution in [3.63, 3.8) is 0 Å². The molecule has 0 aromatic heterocycles.